The standard InChI is InChI=1S/C11H25NOS/c1-5-13-8-6-9-14-10-7-12-11(2,3)4/h12H,5-10H2,1-4H3. The summed E-state index contributed by atoms with van der Waals surface area (Å²) in [5.74, 6) is 2.41. The van der Waals surface area contributed by atoms with Crippen molar-refractivity contribution in [2.75, 3.05) is 31.3 Å². The summed E-state index contributed by atoms with van der Waals surface area (Å²) in [6, 6.07) is 0. The number of hydrogen-bond donors (Lipinski definition) is 1. The fraction of sp³-hybridized carbons (Fsp3) is 1.00. The van der Waals surface area contributed by atoms with Gasteiger partial charge in [0, 0.05) is 31.1 Å². The van der Waals surface area contributed by atoms with E-state index >= 15 is 0 Å². The molecule has 14 heavy (non-hydrogen) atoms. The van der Waals surface area contributed by atoms with E-state index in [0.29, 0.717) is 0 Å². The largest absolute Gasteiger partial charge is 0.382 e. The molecule has 0 spiro atoms. The van der Waals surface area contributed by atoms with Crippen molar-refractivity contribution in [3.05, 3.63) is 0 Å². The molecule has 0 heterocycles. The Hall–Kier alpha value is 0.270. The zero-order valence-electron chi connectivity index (χ0n) is 10.1. The van der Waals surface area contributed by atoms with Gasteiger partial charge in [-0.25, -0.2) is 0 Å². The second-order valence-electron chi connectivity index (χ2n) is 4.34. The second-order valence-corrected chi connectivity index (χ2v) is 5.56. The Balaban J connectivity index is 2.99. The van der Waals surface area contributed by atoms with Gasteiger partial charge in [0.15, 0.2) is 0 Å². The van der Waals surface area contributed by atoms with E-state index in [4.69, 9.17) is 4.74 Å². The minimum absolute atomic E-state index is 0.256. The lowest BCUT2D eigenvalue weighted by atomic mass is 10.1. The SMILES string of the molecule is CCOCCCSCCNC(C)(C)C. The summed E-state index contributed by atoms with van der Waals surface area (Å²) in [5, 5.41) is 3.47. The summed E-state index contributed by atoms with van der Waals surface area (Å²) in [6.45, 7) is 11.5. The minimum atomic E-state index is 0.256. The van der Waals surface area contributed by atoms with Crippen LogP contribution in [0.4, 0.5) is 0 Å². The molecule has 0 aromatic carbocycles. The van der Waals surface area contributed by atoms with Crippen molar-refractivity contribution >= 4 is 11.8 Å². The van der Waals surface area contributed by atoms with Gasteiger partial charge in [-0.1, -0.05) is 0 Å². The Morgan fingerprint density at radius 1 is 1.21 bits per heavy atom. The molecule has 1 N–H and O–H groups in total. The molecule has 0 saturated heterocycles. The highest BCUT2D eigenvalue weighted by molar-refractivity contribution is 7.99. The van der Waals surface area contributed by atoms with E-state index in [-0.39, 0.29) is 5.54 Å². The van der Waals surface area contributed by atoms with Crippen molar-refractivity contribution in [1.29, 1.82) is 0 Å². The van der Waals surface area contributed by atoms with Crippen molar-refractivity contribution in [3.63, 3.8) is 0 Å². The number of rotatable bonds is 8. The molecule has 0 radical (unpaired) electrons. The van der Waals surface area contributed by atoms with Crippen LogP contribution in [-0.2, 0) is 4.74 Å². The van der Waals surface area contributed by atoms with Crippen LogP contribution in [0.1, 0.15) is 34.1 Å². The maximum Gasteiger partial charge on any atom is 0.0473 e. The van der Waals surface area contributed by atoms with Gasteiger partial charge in [-0.3, -0.25) is 0 Å². The maximum atomic E-state index is 5.27. The third-order valence-electron chi connectivity index (χ3n) is 1.68. The molecule has 0 amide bonds. The van der Waals surface area contributed by atoms with E-state index in [1.54, 1.807) is 0 Å². The van der Waals surface area contributed by atoms with Crippen molar-refractivity contribution in [2.45, 2.75) is 39.7 Å². The zero-order valence-corrected chi connectivity index (χ0v) is 10.9. The van der Waals surface area contributed by atoms with Gasteiger partial charge < -0.3 is 10.1 Å². The van der Waals surface area contributed by atoms with E-state index < -0.39 is 0 Å². The molecule has 0 rings (SSSR count). The fourth-order valence-electron chi connectivity index (χ4n) is 1.01. The van der Waals surface area contributed by atoms with E-state index in [9.17, 15) is 0 Å². The molecule has 0 aliphatic rings. The van der Waals surface area contributed by atoms with Gasteiger partial charge >= 0.3 is 0 Å². The van der Waals surface area contributed by atoms with E-state index in [2.05, 4.69) is 26.1 Å². The number of thioether (sulfide) groups is 1. The average molecular weight is 219 g/mol. The third-order valence-corrected chi connectivity index (χ3v) is 2.75. The van der Waals surface area contributed by atoms with E-state index in [0.717, 1.165) is 19.8 Å². The van der Waals surface area contributed by atoms with Crippen LogP contribution in [0.3, 0.4) is 0 Å². The van der Waals surface area contributed by atoms with Crippen LogP contribution < -0.4 is 5.32 Å². The molecular formula is C11H25NOS. The molecule has 0 aliphatic carbocycles. The first-order valence-corrected chi connectivity index (χ1v) is 6.62. The molecule has 0 bridgehead atoms. The highest BCUT2D eigenvalue weighted by Crippen LogP contribution is 2.03. The second kappa shape index (κ2) is 8.57. The van der Waals surface area contributed by atoms with Gasteiger partial charge in [0.25, 0.3) is 0 Å². The van der Waals surface area contributed by atoms with Crippen molar-refractivity contribution < 1.29 is 4.74 Å². The summed E-state index contributed by atoms with van der Waals surface area (Å²) >= 11 is 2.00. The Labute approximate surface area is 93.2 Å². The quantitative estimate of drug-likeness (QED) is 0.634. The summed E-state index contributed by atoms with van der Waals surface area (Å²) < 4.78 is 5.27. The molecule has 0 aromatic heterocycles. The van der Waals surface area contributed by atoms with Crippen LogP contribution in [0.25, 0.3) is 0 Å². The van der Waals surface area contributed by atoms with E-state index in [1.165, 1.54) is 17.9 Å². The predicted octanol–water partition coefficient (Wildman–Crippen LogP) is 2.53. The van der Waals surface area contributed by atoms with Gasteiger partial charge in [-0.15, -0.1) is 0 Å². The lowest BCUT2D eigenvalue weighted by molar-refractivity contribution is 0.149. The van der Waals surface area contributed by atoms with Crippen molar-refractivity contribution in [1.82, 2.24) is 5.32 Å². The molecule has 0 atom stereocenters. The van der Waals surface area contributed by atoms with Gasteiger partial charge in [0.05, 0.1) is 0 Å². The Bertz CT molecular complexity index is 123. The molecule has 3 heteroatoms. The predicted molar refractivity (Wildman–Crippen MR) is 66.2 cm³/mol. The summed E-state index contributed by atoms with van der Waals surface area (Å²) in [7, 11) is 0. The summed E-state index contributed by atoms with van der Waals surface area (Å²) in [6.07, 6.45) is 1.17. The Morgan fingerprint density at radius 3 is 2.50 bits per heavy atom. The number of ether oxygens (including phenoxy) is 1. The first kappa shape index (κ1) is 14.3. The third kappa shape index (κ3) is 12.3. The highest BCUT2D eigenvalue weighted by Gasteiger charge is 2.06. The average Bonchev–Trinajstić information content (AvgIpc) is 2.08. The van der Waals surface area contributed by atoms with Crippen LogP contribution >= 0.6 is 11.8 Å². The van der Waals surface area contributed by atoms with Crippen LogP contribution in [-0.4, -0.2) is 36.8 Å². The minimum Gasteiger partial charge on any atom is -0.382 e. The topological polar surface area (TPSA) is 21.3 Å². The molecule has 0 unspecified atom stereocenters. The lowest BCUT2D eigenvalue weighted by Gasteiger charge is -2.20. The van der Waals surface area contributed by atoms with Crippen LogP contribution in [0.15, 0.2) is 0 Å². The molecule has 0 aliphatic heterocycles. The molecular weight excluding hydrogens is 194 g/mol. The lowest BCUT2D eigenvalue weighted by Crippen LogP contribution is -2.37. The summed E-state index contributed by atoms with van der Waals surface area (Å²) in [4.78, 5) is 0. The normalized spacial score (nSPS) is 12.0. The Morgan fingerprint density at radius 2 is 1.93 bits per heavy atom. The van der Waals surface area contributed by atoms with Gasteiger partial charge in [0.1, 0.15) is 0 Å². The van der Waals surface area contributed by atoms with Crippen LogP contribution in [0, 0.1) is 0 Å². The van der Waals surface area contributed by atoms with E-state index in [1.807, 2.05) is 18.7 Å². The number of nitrogens with one attached hydrogen (secondary N) is 1. The first-order valence-electron chi connectivity index (χ1n) is 5.47. The molecule has 86 valence electrons. The van der Waals surface area contributed by atoms with Gasteiger partial charge in [0.2, 0.25) is 0 Å². The molecule has 2 nitrogen and oxygen atoms in total. The maximum absolute atomic E-state index is 5.27. The summed E-state index contributed by atoms with van der Waals surface area (Å²) in [5.41, 5.74) is 0.256. The van der Waals surface area contributed by atoms with Crippen molar-refractivity contribution in [2.24, 2.45) is 0 Å². The Kier molecular flexibility index (Phi) is 8.73. The molecule has 0 saturated carbocycles. The number of hydrogen-bond acceptors (Lipinski definition) is 3. The van der Waals surface area contributed by atoms with Crippen molar-refractivity contribution in [3.8, 4) is 0 Å². The highest BCUT2D eigenvalue weighted by atomic mass is 32.2. The first-order chi connectivity index (χ1) is 6.56. The zero-order chi connectivity index (χ0) is 10.9. The fourth-order valence-corrected chi connectivity index (χ4v) is 1.78. The van der Waals surface area contributed by atoms with Gasteiger partial charge in [-0.2, -0.15) is 11.8 Å². The molecule has 0 fully saturated rings. The smallest absolute Gasteiger partial charge is 0.0473 e. The van der Waals surface area contributed by atoms with Crippen LogP contribution in [0.5, 0.6) is 0 Å². The monoisotopic (exact) mass is 219 g/mol. The van der Waals surface area contributed by atoms with Gasteiger partial charge in [-0.05, 0) is 39.9 Å². The molecule has 0 aromatic rings. The van der Waals surface area contributed by atoms with Crippen LogP contribution in [0.2, 0.25) is 0 Å².